The largest absolute Gasteiger partial charge is 0.418 e. The van der Waals surface area contributed by atoms with Crippen molar-refractivity contribution in [2.45, 2.75) is 24.8 Å². The highest BCUT2D eigenvalue weighted by Crippen LogP contribution is 2.42. The van der Waals surface area contributed by atoms with E-state index in [9.17, 15) is 40.7 Å². The Morgan fingerprint density at radius 1 is 1.10 bits per heavy atom. The average molecular weight is 647 g/mol. The molecule has 2 aromatic rings. The first kappa shape index (κ1) is 29.0. The molecule has 0 aliphatic carbocycles. The highest BCUT2D eigenvalue weighted by atomic mass is 79.9. The predicted octanol–water partition coefficient (Wildman–Crippen LogP) is 2.26. The lowest BCUT2D eigenvalue weighted by atomic mass is 10.0. The molecule has 0 spiro atoms. The second kappa shape index (κ2) is 11.1. The van der Waals surface area contributed by atoms with Crippen LogP contribution in [0.3, 0.4) is 0 Å². The summed E-state index contributed by atoms with van der Waals surface area (Å²) in [5.74, 6) is -6.09. The van der Waals surface area contributed by atoms with Gasteiger partial charge in [0.2, 0.25) is 6.17 Å². The summed E-state index contributed by atoms with van der Waals surface area (Å²) in [6.45, 7) is 0.687. The summed E-state index contributed by atoms with van der Waals surface area (Å²) in [6, 6.07) is 2.92. The minimum Gasteiger partial charge on any atom is -0.378 e. The molecule has 0 bridgehead atoms. The number of halogens is 7. The van der Waals surface area contributed by atoms with Crippen molar-refractivity contribution in [1.82, 2.24) is 10.2 Å². The van der Waals surface area contributed by atoms with Crippen molar-refractivity contribution in [3.05, 3.63) is 62.1 Å². The summed E-state index contributed by atoms with van der Waals surface area (Å²) >= 11 is 3.07. The van der Waals surface area contributed by atoms with Crippen LogP contribution < -0.4 is 20.8 Å². The molecule has 3 aliphatic heterocycles. The third kappa shape index (κ3) is 5.56. The van der Waals surface area contributed by atoms with Gasteiger partial charge in [-0.25, -0.2) is 18.2 Å². The Hall–Kier alpha value is -3.46. The first-order valence-electron chi connectivity index (χ1n) is 12.4. The molecule has 3 heterocycles. The van der Waals surface area contributed by atoms with Crippen molar-refractivity contribution in [2.24, 2.45) is 4.99 Å². The Labute approximate surface area is 236 Å². The molecule has 0 aromatic heterocycles. The zero-order chi connectivity index (χ0) is 29.6. The maximum atomic E-state index is 14.8. The summed E-state index contributed by atoms with van der Waals surface area (Å²) < 4.78 is 90.6. The fourth-order valence-corrected chi connectivity index (χ4v) is 5.59. The third-order valence-corrected chi connectivity index (χ3v) is 7.50. The second-order valence-electron chi connectivity index (χ2n) is 9.64. The van der Waals surface area contributed by atoms with Crippen molar-refractivity contribution in [3.63, 3.8) is 0 Å². The number of nitrogens with one attached hydrogen (secondary N) is 1. The zero-order valence-corrected chi connectivity index (χ0v) is 22.6. The molecule has 1 N–H and O–H groups in total. The summed E-state index contributed by atoms with van der Waals surface area (Å²) in [5.41, 5.74) is -2.39. The third-order valence-electron chi connectivity index (χ3n) is 7.04. The van der Waals surface area contributed by atoms with E-state index in [0.717, 1.165) is 12.1 Å². The number of carbonyl (C=O) groups is 3. The van der Waals surface area contributed by atoms with Gasteiger partial charge in [-0.3, -0.25) is 14.4 Å². The lowest BCUT2D eigenvalue weighted by Crippen LogP contribution is -2.48. The van der Waals surface area contributed by atoms with E-state index < -0.39 is 69.5 Å². The quantitative estimate of drug-likeness (QED) is 0.515. The van der Waals surface area contributed by atoms with E-state index in [1.54, 1.807) is 0 Å². The molecule has 0 saturated carbocycles. The van der Waals surface area contributed by atoms with E-state index >= 15 is 0 Å². The van der Waals surface area contributed by atoms with Crippen LogP contribution in [0.15, 0.2) is 33.7 Å². The summed E-state index contributed by atoms with van der Waals surface area (Å²) in [6.07, 6.45) is -7.27. The van der Waals surface area contributed by atoms with Gasteiger partial charge in [0.15, 0.2) is 11.6 Å². The average Bonchev–Trinajstić information content (AvgIpc) is 3.39. The lowest BCUT2D eigenvalue weighted by molar-refractivity contribution is -0.137. The van der Waals surface area contributed by atoms with Gasteiger partial charge >= 0.3 is 6.18 Å². The van der Waals surface area contributed by atoms with Gasteiger partial charge in [-0.2, -0.15) is 13.2 Å². The molecule has 1 unspecified atom stereocenters. The summed E-state index contributed by atoms with van der Waals surface area (Å²) in [4.78, 5) is 44.4. The fraction of sp³-hybridized carbons (Fsp3) is 0.385. The normalized spacial score (nSPS) is 21.0. The highest BCUT2D eigenvalue weighted by Gasteiger charge is 2.41. The van der Waals surface area contributed by atoms with Gasteiger partial charge in [-0.05, 0) is 30.7 Å². The number of nitrogens with zero attached hydrogens (tertiary/aromatic N) is 3. The Kier molecular flexibility index (Phi) is 7.85. The number of ether oxygens (including phenoxy) is 1. The smallest absolute Gasteiger partial charge is 0.378 e. The van der Waals surface area contributed by atoms with Crippen LogP contribution in [0.5, 0.6) is 0 Å². The molecule has 2 fully saturated rings. The predicted molar refractivity (Wildman–Crippen MR) is 135 cm³/mol. The van der Waals surface area contributed by atoms with Gasteiger partial charge in [0.05, 0.1) is 35.6 Å². The Balaban J connectivity index is 1.46. The number of amides is 3. The van der Waals surface area contributed by atoms with Crippen LogP contribution in [0, 0.1) is 11.6 Å². The molecule has 3 amide bonds. The number of hydrogen-bond acceptors (Lipinski definition) is 5. The van der Waals surface area contributed by atoms with Crippen molar-refractivity contribution >= 4 is 44.9 Å². The van der Waals surface area contributed by atoms with E-state index in [0.29, 0.717) is 6.07 Å². The number of carbonyl (C=O) groups excluding carboxylic acids is 3. The molecule has 8 nitrogen and oxygen atoms in total. The SMILES string of the molecule is O=C(N[C@@H]1CCN(c2c(C(=O)N3CCOCC3)cc(Br)cc2C(F)(F)F)C1)C1=c2ccc(F)c(F)c2=NC(=O)C1F. The van der Waals surface area contributed by atoms with Crippen LogP contribution in [0.1, 0.15) is 22.3 Å². The van der Waals surface area contributed by atoms with E-state index in [1.165, 1.54) is 15.9 Å². The molecular weight excluding hydrogens is 626 g/mol. The van der Waals surface area contributed by atoms with Crippen molar-refractivity contribution < 1.29 is 45.5 Å². The van der Waals surface area contributed by atoms with Crippen LogP contribution in [0.2, 0.25) is 0 Å². The van der Waals surface area contributed by atoms with Gasteiger partial charge in [-0.1, -0.05) is 15.9 Å². The van der Waals surface area contributed by atoms with E-state index in [4.69, 9.17) is 4.74 Å². The summed E-state index contributed by atoms with van der Waals surface area (Å²) in [5, 5.41) is 1.27. The van der Waals surface area contributed by atoms with Gasteiger partial charge in [0.25, 0.3) is 17.7 Å². The molecule has 5 rings (SSSR count). The van der Waals surface area contributed by atoms with Crippen LogP contribution in [0.4, 0.5) is 32.0 Å². The van der Waals surface area contributed by atoms with Gasteiger partial charge in [0, 0.05) is 41.9 Å². The molecule has 218 valence electrons. The number of hydrogen-bond donors (Lipinski definition) is 1. The van der Waals surface area contributed by atoms with Gasteiger partial charge < -0.3 is 19.9 Å². The maximum Gasteiger partial charge on any atom is 0.418 e. The monoisotopic (exact) mass is 646 g/mol. The van der Waals surface area contributed by atoms with Gasteiger partial charge in [0.1, 0.15) is 5.36 Å². The second-order valence-corrected chi connectivity index (χ2v) is 10.6. The van der Waals surface area contributed by atoms with Crippen LogP contribution >= 0.6 is 15.9 Å². The zero-order valence-electron chi connectivity index (χ0n) is 21.0. The fourth-order valence-electron chi connectivity index (χ4n) is 5.13. The minimum atomic E-state index is -4.83. The molecular formula is C26H21BrF6N4O4. The number of benzene rings is 2. The van der Waals surface area contributed by atoms with Crippen molar-refractivity contribution in [2.75, 3.05) is 44.3 Å². The van der Waals surface area contributed by atoms with Crippen molar-refractivity contribution in [1.29, 1.82) is 0 Å². The topological polar surface area (TPSA) is 91.3 Å². The summed E-state index contributed by atoms with van der Waals surface area (Å²) in [7, 11) is 0. The Bertz CT molecular complexity index is 1560. The number of alkyl halides is 4. The van der Waals surface area contributed by atoms with Crippen molar-refractivity contribution in [3.8, 4) is 0 Å². The van der Waals surface area contributed by atoms with Crippen LogP contribution in [-0.4, -0.2) is 74.2 Å². The number of rotatable bonds is 4. The van der Waals surface area contributed by atoms with Gasteiger partial charge in [-0.15, -0.1) is 0 Å². The maximum absolute atomic E-state index is 14.8. The highest BCUT2D eigenvalue weighted by molar-refractivity contribution is 9.10. The van der Waals surface area contributed by atoms with E-state index in [-0.39, 0.29) is 61.5 Å². The first-order valence-corrected chi connectivity index (χ1v) is 13.2. The Morgan fingerprint density at radius 2 is 1.80 bits per heavy atom. The molecule has 15 heteroatoms. The van der Waals surface area contributed by atoms with E-state index in [1.807, 2.05) is 0 Å². The van der Waals surface area contributed by atoms with E-state index in [2.05, 4.69) is 26.2 Å². The number of fused-ring (bicyclic) bond motifs is 1. The Morgan fingerprint density at radius 3 is 2.49 bits per heavy atom. The molecule has 2 saturated heterocycles. The lowest BCUT2D eigenvalue weighted by Gasteiger charge is -2.31. The number of anilines is 1. The molecule has 41 heavy (non-hydrogen) atoms. The van der Waals surface area contributed by atoms with Crippen LogP contribution in [-0.2, 0) is 20.5 Å². The minimum absolute atomic E-state index is 0.00186. The number of morpholine rings is 1. The molecule has 2 aromatic carbocycles. The molecule has 0 radical (unpaired) electrons. The molecule has 2 atom stereocenters. The first-order chi connectivity index (χ1) is 19.4. The molecule has 3 aliphatic rings. The standard InChI is InChI=1S/C26H21BrF6N4O4/c27-12-9-15(25(40)36-5-7-41-8-6-36)22(16(10-12)26(31,32)33)37-4-3-13(11-37)34-23(38)18-14-1-2-17(28)19(29)21(14)35-24(39)20(18)30/h1-2,9-10,13,20H,3-8,11H2,(H,34,38)/t13-,20?/m1/s1. The van der Waals surface area contributed by atoms with Crippen LogP contribution in [0.25, 0.3) is 5.57 Å².